The van der Waals surface area contributed by atoms with Gasteiger partial charge in [0.1, 0.15) is 0 Å². The predicted octanol–water partition coefficient (Wildman–Crippen LogP) is 12.4. The van der Waals surface area contributed by atoms with E-state index in [0.29, 0.717) is 5.95 Å². The number of aromatic nitrogens is 4. The van der Waals surface area contributed by atoms with Gasteiger partial charge in [0.15, 0.2) is 0 Å². The molecule has 4 heterocycles. The van der Waals surface area contributed by atoms with E-state index in [9.17, 15) is 0 Å². The second kappa shape index (κ2) is 10.6. The first-order valence-corrected chi connectivity index (χ1v) is 18.0. The van der Waals surface area contributed by atoms with Gasteiger partial charge in [0.05, 0.1) is 50.0 Å². The highest BCUT2D eigenvalue weighted by Gasteiger charge is 2.30. The summed E-state index contributed by atoms with van der Waals surface area (Å²) in [6.07, 6.45) is 0. The second-order valence-corrected chi connectivity index (χ2v) is 13.8. The third kappa shape index (κ3) is 3.80. The summed E-state index contributed by atoms with van der Waals surface area (Å²) in [7, 11) is 0. The number of hydrogen-bond donors (Lipinski definition) is 0. The zero-order valence-corrected chi connectivity index (χ0v) is 28.5. The summed E-state index contributed by atoms with van der Waals surface area (Å²) in [5, 5.41) is 8.25. The van der Waals surface area contributed by atoms with Crippen molar-refractivity contribution in [3.63, 3.8) is 0 Å². The SMILES string of the molecule is c1ccc(N2c3ccccc3-c3nc(-n4c5ccccc5c5c6ccccc6c6c(c7ccccc7n6-c6ccccc6)c54)nc4cccc2c34)cc1. The van der Waals surface area contributed by atoms with Crippen LogP contribution in [0.3, 0.4) is 0 Å². The smallest absolute Gasteiger partial charge is 0.235 e. The van der Waals surface area contributed by atoms with Crippen LogP contribution in [-0.2, 0) is 0 Å². The lowest BCUT2D eigenvalue weighted by Gasteiger charge is -2.32. The fourth-order valence-corrected chi connectivity index (χ4v) is 8.93. The van der Waals surface area contributed by atoms with Gasteiger partial charge < -0.3 is 9.47 Å². The molecule has 0 spiro atoms. The molecule has 0 radical (unpaired) electrons. The highest BCUT2D eigenvalue weighted by atomic mass is 15.2. The molecule has 8 aromatic carbocycles. The van der Waals surface area contributed by atoms with E-state index in [2.05, 4.69) is 190 Å². The van der Waals surface area contributed by atoms with Gasteiger partial charge in [-0.2, -0.15) is 0 Å². The molecule has 5 nitrogen and oxygen atoms in total. The summed E-state index contributed by atoms with van der Waals surface area (Å²) in [6, 6.07) is 62.7. The molecular formula is C48H29N5. The minimum atomic E-state index is 0.659. The van der Waals surface area contributed by atoms with Crippen molar-refractivity contribution in [3.8, 4) is 22.9 Å². The first-order valence-electron chi connectivity index (χ1n) is 18.0. The van der Waals surface area contributed by atoms with Crippen LogP contribution in [0.2, 0.25) is 0 Å². The van der Waals surface area contributed by atoms with E-state index in [1.165, 1.54) is 37.8 Å². The van der Waals surface area contributed by atoms with Gasteiger partial charge in [0.25, 0.3) is 0 Å². The van der Waals surface area contributed by atoms with Crippen molar-refractivity contribution < 1.29 is 0 Å². The molecule has 246 valence electrons. The summed E-state index contributed by atoms with van der Waals surface area (Å²) < 4.78 is 4.76. The molecule has 0 atom stereocenters. The normalized spacial score (nSPS) is 12.5. The van der Waals surface area contributed by atoms with Gasteiger partial charge in [-0.05, 0) is 60.0 Å². The Morgan fingerprint density at radius 3 is 1.72 bits per heavy atom. The Kier molecular flexibility index (Phi) is 5.71. The maximum atomic E-state index is 5.59. The average Bonchev–Trinajstić information content (AvgIpc) is 3.76. The zero-order chi connectivity index (χ0) is 34.6. The average molecular weight is 676 g/mol. The van der Waals surface area contributed by atoms with Crippen molar-refractivity contribution in [1.29, 1.82) is 0 Å². The highest BCUT2D eigenvalue weighted by molar-refractivity contribution is 6.36. The molecule has 0 saturated carbocycles. The number of anilines is 3. The molecular weight excluding hydrogens is 647 g/mol. The molecule has 0 fully saturated rings. The number of nitrogens with zero attached hydrogens (tertiary/aromatic N) is 5. The topological polar surface area (TPSA) is 38.9 Å². The molecule has 11 aromatic rings. The fraction of sp³-hybridized carbons (Fsp3) is 0. The number of benzene rings is 8. The van der Waals surface area contributed by atoms with Crippen LogP contribution in [0.25, 0.3) is 88.2 Å². The van der Waals surface area contributed by atoms with Crippen LogP contribution in [0, 0.1) is 0 Å². The standard InChI is InChI=1S/C48H29N5/c1-3-16-30(17-4-1)51-40-28-14-11-24-36(40)45-44-37(25-15-29-41(44)51)49-48(50-45)53-39-27-13-9-22-34(39)42-32-20-7-8-21-33(32)46-43(47(42)53)35-23-10-12-26-38(35)52(46)31-18-5-2-6-19-31/h1-29H. The van der Waals surface area contributed by atoms with Crippen LogP contribution in [0.4, 0.5) is 17.1 Å². The molecule has 0 aliphatic carbocycles. The summed E-state index contributed by atoms with van der Waals surface area (Å²) in [5.41, 5.74) is 11.9. The van der Waals surface area contributed by atoms with Gasteiger partial charge in [0, 0.05) is 43.9 Å². The van der Waals surface area contributed by atoms with Gasteiger partial charge in [-0.25, -0.2) is 9.97 Å². The molecule has 0 N–H and O–H groups in total. The van der Waals surface area contributed by atoms with Crippen LogP contribution < -0.4 is 4.90 Å². The number of rotatable bonds is 3. The minimum Gasteiger partial charge on any atom is -0.309 e. The van der Waals surface area contributed by atoms with Crippen LogP contribution in [0.15, 0.2) is 176 Å². The quantitative estimate of drug-likeness (QED) is 0.187. The van der Waals surface area contributed by atoms with E-state index >= 15 is 0 Å². The third-order valence-electron chi connectivity index (χ3n) is 11.0. The summed E-state index contributed by atoms with van der Waals surface area (Å²) in [6.45, 7) is 0. The van der Waals surface area contributed by atoms with Gasteiger partial charge in [-0.3, -0.25) is 4.57 Å². The first kappa shape index (κ1) is 28.5. The van der Waals surface area contributed by atoms with Crippen molar-refractivity contribution in [3.05, 3.63) is 176 Å². The van der Waals surface area contributed by atoms with Crippen LogP contribution in [-0.4, -0.2) is 19.1 Å². The molecule has 0 saturated heterocycles. The second-order valence-electron chi connectivity index (χ2n) is 13.8. The van der Waals surface area contributed by atoms with Gasteiger partial charge in [-0.15, -0.1) is 0 Å². The van der Waals surface area contributed by atoms with E-state index < -0.39 is 0 Å². The number of hydrogen-bond acceptors (Lipinski definition) is 3. The summed E-state index contributed by atoms with van der Waals surface area (Å²) in [5.74, 6) is 0.659. The van der Waals surface area contributed by atoms with E-state index in [1.807, 2.05) is 0 Å². The molecule has 0 bridgehead atoms. The van der Waals surface area contributed by atoms with Crippen LogP contribution in [0.5, 0.6) is 0 Å². The fourth-order valence-electron chi connectivity index (χ4n) is 8.93. The molecule has 53 heavy (non-hydrogen) atoms. The van der Waals surface area contributed by atoms with E-state index in [-0.39, 0.29) is 0 Å². The number of fused-ring (bicyclic) bond motifs is 12. The van der Waals surface area contributed by atoms with Crippen molar-refractivity contribution in [2.45, 2.75) is 0 Å². The van der Waals surface area contributed by atoms with E-state index in [0.717, 1.165) is 61.5 Å². The zero-order valence-electron chi connectivity index (χ0n) is 28.5. The van der Waals surface area contributed by atoms with E-state index in [1.54, 1.807) is 0 Å². The van der Waals surface area contributed by atoms with Crippen molar-refractivity contribution in [2.24, 2.45) is 0 Å². The lowest BCUT2D eigenvalue weighted by Crippen LogP contribution is -2.16. The third-order valence-corrected chi connectivity index (χ3v) is 11.0. The van der Waals surface area contributed by atoms with Gasteiger partial charge in [-0.1, -0.05) is 121 Å². The lowest BCUT2D eigenvalue weighted by molar-refractivity contribution is 1.01. The largest absolute Gasteiger partial charge is 0.309 e. The molecule has 1 aliphatic heterocycles. The Bertz CT molecular complexity index is 3280. The molecule has 1 aliphatic rings. The van der Waals surface area contributed by atoms with Crippen molar-refractivity contribution in [2.75, 3.05) is 4.90 Å². The molecule has 0 amide bonds. The molecule has 3 aromatic heterocycles. The Morgan fingerprint density at radius 2 is 0.943 bits per heavy atom. The molecule has 12 rings (SSSR count). The van der Waals surface area contributed by atoms with Crippen molar-refractivity contribution in [1.82, 2.24) is 19.1 Å². The van der Waals surface area contributed by atoms with Gasteiger partial charge >= 0.3 is 0 Å². The van der Waals surface area contributed by atoms with Gasteiger partial charge in [0.2, 0.25) is 5.95 Å². The number of para-hydroxylation sites is 5. The molecule has 5 heteroatoms. The summed E-state index contributed by atoms with van der Waals surface area (Å²) in [4.78, 5) is 13.4. The van der Waals surface area contributed by atoms with Crippen LogP contribution in [0.1, 0.15) is 0 Å². The van der Waals surface area contributed by atoms with Crippen molar-refractivity contribution >= 4 is 82.3 Å². The molecule has 0 unspecified atom stereocenters. The maximum Gasteiger partial charge on any atom is 0.235 e. The summed E-state index contributed by atoms with van der Waals surface area (Å²) >= 11 is 0. The van der Waals surface area contributed by atoms with E-state index in [4.69, 9.17) is 9.97 Å². The predicted molar refractivity (Wildman–Crippen MR) is 219 cm³/mol. The lowest BCUT2D eigenvalue weighted by atomic mass is 9.96. The van der Waals surface area contributed by atoms with Crippen LogP contribution >= 0.6 is 0 Å². The first-order chi connectivity index (χ1) is 26.3. The Hall–Kier alpha value is -7.24. The Morgan fingerprint density at radius 1 is 0.358 bits per heavy atom. The Labute approximate surface area is 304 Å². The monoisotopic (exact) mass is 675 g/mol. The minimum absolute atomic E-state index is 0.659. The highest BCUT2D eigenvalue weighted by Crippen LogP contribution is 2.51. The maximum absolute atomic E-state index is 5.59. The Balaban J connectivity index is 1.28.